The molecular formula is C12H15N. The van der Waals surface area contributed by atoms with Gasteiger partial charge in [-0.2, -0.15) is 0 Å². The van der Waals surface area contributed by atoms with Crippen LogP contribution in [0, 0.1) is 6.92 Å². The molecule has 68 valence electrons. The minimum Gasteiger partial charge on any atom is -0.257 e. The van der Waals surface area contributed by atoms with E-state index in [4.69, 9.17) is 0 Å². The molecule has 1 aromatic rings. The molecule has 0 bridgehead atoms. The second-order valence-corrected chi connectivity index (χ2v) is 3.74. The third-order valence-electron chi connectivity index (χ3n) is 2.45. The van der Waals surface area contributed by atoms with Gasteiger partial charge in [-0.15, -0.1) is 0 Å². The van der Waals surface area contributed by atoms with Crippen molar-refractivity contribution in [1.82, 2.24) is 0 Å². The summed E-state index contributed by atoms with van der Waals surface area (Å²) in [5.74, 6) is 0. The minimum atomic E-state index is 1.07. The smallest absolute Gasteiger partial charge is 0.0665 e. The van der Waals surface area contributed by atoms with Gasteiger partial charge in [-0.3, -0.25) is 4.99 Å². The van der Waals surface area contributed by atoms with Crippen LogP contribution in [0.25, 0.3) is 0 Å². The SMILES string of the molecule is CCCC1=Nc2ccc(C)cc2C1. The van der Waals surface area contributed by atoms with Gasteiger partial charge in [-0.1, -0.05) is 31.0 Å². The summed E-state index contributed by atoms with van der Waals surface area (Å²) in [5, 5.41) is 0. The van der Waals surface area contributed by atoms with Gasteiger partial charge in [0.25, 0.3) is 0 Å². The van der Waals surface area contributed by atoms with E-state index in [1.807, 2.05) is 0 Å². The number of hydrogen-bond acceptors (Lipinski definition) is 1. The van der Waals surface area contributed by atoms with Crippen LogP contribution < -0.4 is 0 Å². The molecule has 1 aliphatic heterocycles. The lowest BCUT2D eigenvalue weighted by atomic mass is 10.1. The average Bonchev–Trinajstić information content (AvgIpc) is 2.46. The van der Waals surface area contributed by atoms with Crippen molar-refractivity contribution in [3.8, 4) is 0 Å². The van der Waals surface area contributed by atoms with Crippen LogP contribution in [0.1, 0.15) is 30.9 Å². The summed E-state index contributed by atoms with van der Waals surface area (Å²) >= 11 is 0. The third-order valence-corrected chi connectivity index (χ3v) is 2.45. The summed E-state index contributed by atoms with van der Waals surface area (Å²) < 4.78 is 0. The Morgan fingerprint density at radius 3 is 3.00 bits per heavy atom. The molecule has 1 nitrogen and oxygen atoms in total. The van der Waals surface area contributed by atoms with E-state index < -0.39 is 0 Å². The zero-order chi connectivity index (χ0) is 9.26. The Morgan fingerprint density at radius 1 is 1.38 bits per heavy atom. The molecule has 1 aliphatic rings. The Kier molecular flexibility index (Phi) is 2.17. The number of aryl methyl sites for hydroxylation is 1. The molecule has 2 rings (SSSR count). The number of hydrogen-bond donors (Lipinski definition) is 0. The minimum absolute atomic E-state index is 1.07. The zero-order valence-corrected chi connectivity index (χ0v) is 8.30. The summed E-state index contributed by atoms with van der Waals surface area (Å²) in [5.41, 5.74) is 5.28. The fourth-order valence-corrected chi connectivity index (χ4v) is 1.83. The predicted molar refractivity (Wildman–Crippen MR) is 56.9 cm³/mol. The van der Waals surface area contributed by atoms with Crippen LogP contribution in [-0.4, -0.2) is 5.71 Å². The normalized spacial score (nSPS) is 14.2. The number of nitrogens with zero attached hydrogens (tertiary/aromatic N) is 1. The lowest BCUT2D eigenvalue weighted by molar-refractivity contribution is 0.981. The maximum absolute atomic E-state index is 4.60. The first-order chi connectivity index (χ1) is 6.29. The van der Waals surface area contributed by atoms with Crippen molar-refractivity contribution in [1.29, 1.82) is 0 Å². The van der Waals surface area contributed by atoms with Gasteiger partial charge >= 0.3 is 0 Å². The largest absolute Gasteiger partial charge is 0.257 e. The van der Waals surface area contributed by atoms with Gasteiger partial charge in [0.2, 0.25) is 0 Å². The fourth-order valence-electron chi connectivity index (χ4n) is 1.83. The van der Waals surface area contributed by atoms with E-state index in [1.54, 1.807) is 0 Å². The maximum Gasteiger partial charge on any atom is 0.0665 e. The average molecular weight is 173 g/mol. The number of fused-ring (bicyclic) bond motifs is 1. The van der Waals surface area contributed by atoms with Gasteiger partial charge in [0.05, 0.1) is 5.69 Å². The van der Waals surface area contributed by atoms with Gasteiger partial charge in [0.1, 0.15) is 0 Å². The lowest BCUT2D eigenvalue weighted by Crippen LogP contribution is -1.96. The Balaban J connectivity index is 2.25. The van der Waals surface area contributed by atoms with Crippen LogP contribution in [0.2, 0.25) is 0 Å². The fraction of sp³-hybridized carbons (Fsp3) is 0.417. The van der Waals surface area contributed by atoms with E-state index >= 15 is 0 Å². The van der Waals surface area contributed by atoms with E-state index in [1.165, 1.54) is 28.9 Å². The first-order valence-corrected chi connectivity index (χ1v) is 4.95. The number of rotatable bonds is 2. The monoisotopic (exact) mass is 173 g/mol. The summed E-state index contributed by atoms with van der Waals surface area (Å²) in [7, 11) is 0. The Labute approximate surface area is 79.5 Å². The molecule has 1 aromatic carbocycles. The van der Waals surface area contributed by atoms with E-state index in [-0.39, 0.29) is 0 Å². The highest BCUT2D eigenvalue weighted by Crippen LogP contribution is 2.28. The first kappa shape index (κ1) is 8.49. The molecule has 0 fully saturated rings. The maximum atomic E-state index is 4.60. The van der Waals surface area contributed by atoms with Crippen LogP contribution in [0.3, 0.4) is 0 Å². The summed E-state index contributed by atoms with van der Waals surface area (Å²) in [6.45, 7) is 4.34. The summed E-state index contributed by atoms with van der Waals surface area (Å²) in [6.07, 6.45) is 3.42. The van der Waals surface area contributed by atoms with Crippen LogP contribution in [0.15, 0.2) is 23.2 Å². The van der Waals surface area contributed by atoms with Crippen molar-refractivity contribution in [2.24, 2.45) is 4.99 Å². The Morgan fingerprint density at radius 2 is 2.23 bits per heavy atom. The van der Waals surface area contributed by atoms with Crippen LogP contribution in [0.5, 0.6) is 0 Å². The van der Waals surface area contributed by atoms with Gasteiger partial charge in [-0.25, -0.2) is 0 Å². The van der Waals surface area contributed by atoms with Crippen LogP contribution in [-0.2, 0) is 6.42 Å². The van der Waals surface area contributed by atoms with Gasteiger partial charge in [-0.05, 0) is 25.0 Å². The van der Waals surface area contributed by atoms with Crippen LogP contribution in [0.4, 0.5) is 5.69 Å². The Hall–Kier alpha value is -1.11. The van der Waals surface area contributed by atoms with Crippen LogP contribution >= 0.6 is 0 Å². The quantitative estimate of drug-likeness (QED) is 0.649. The summed E-state index contributed by atoms with van der Waals surface area (Å²) in [4.78, 5) is 4.60. The predicted octanol–water partition coefficient (Wildman–Crippen LogP) is 3.42. The second-order valence-electron chi connectivity index (χ2n) is 3.74. The standard InChI is InChI=1S/C12H15N/c1-3-4-11-8-10-7-9(2)5-6-12(10)13-11/h5-7H,3-4,8H2,1-2H3. The highest BCUT2D eigenvalue weighted by Gasteiger charge is 2.12. The number of aliphatic imine (C=N–C) groups is 1. The zero-order valence-electron chi connectivity index (χ0n) is 8.30. The second kappa shape index (κ2) is 3.33. The molecule has 0 aliphatic carbocycles. The van der Waals surface area contributed by atoms with Crippen molar-refractivity contribution in [3.05, 3.63) is 29.3 Å². The van der Waals surface area contributed by atoms with E-state index in [9.17, 15) is 0 Å². The molecule has 0 saturated carbocycles. The van der Waals surface area contributed by atoms with E-state index in [0.29, 0.717) is 0 Å². The molecular weight excluding hydrogens is 158 g/mol. The highest BCUT2D eigenvalue weighted by molar-refractivity contribution is 5.93. The van der Waals surface area contributed by atoms with Crippen molar-refractivity contribution in [2.75, 3.05) is 0 Å². The summed E-state index contributed by atoms with van der Waals surface area (Å²) in [6, 6.07) is 6.52. The molecule has 0 spiro atoms. The van der Waals surface area contributed by atoms with E-state index in [2.05, 4.69) is 37.0 Å². The van der Waals surface area contributed by atoms with Gasteiger partial charge in [0, 0.05) is 12.1 Å². The molecule has 0 amide bonds. The topological polar surface area (TPSA) is 12.4 Å². The van der Waals surface area contributed by atoms with Gasteiger partial charge < -0.3 is 0 Å². The first-order valence-electron chi connectivity index (χ1n) is 4.95. The molecule has 0 saturated heterocycles. The molecule has 0 atom stereocenters. The molecule has 0 aromatic heterocycles. The molecule has 1 heterocycles. The van der Waals surface area contributed by atoms with Gasteiger partial charge in [0.15, 0.2) is 0 Å². The van der Waals surface area contributed by atoms with Crippen molar-refractivity contribution >= 4 is 11.4 Å². The van der Waals surface area contributed by atoms with E-state index in [0.717, 1.165) is 12.8 Å². The molecule has 0 N–H and O–H groups in total. The highest BCUT2D eigenvalue weighted by atomic mass is 14.8. The number of benzene rings is 1. The molecule has 1 heteroatoms. The van der Waals surface area contributed by atoms with Crippen molar-refractivity contribution in [2.45, 2.75) is 33.1 Å². The Bertz CT molecular complexity index is 350. The molecule has 0 unspecified atom stereocenters. The molecule has 0 radical (unpaired) electrons. The third kappa shape index (κ3) is 1.64. The lowest BCUT2D eigenvalue weighted by Gasteiger charge is -1.97. The van der Waals surface area contributed by atoms with Crippen molar-refractivity contribution < 1.29 is 0 Å². The van der Waals surface area contributed by atoms with Crippen molar-refractivity contribution in [3.63, 3.8) is 0 Å². The molecule has 13 heavy (non-hydrogen) atoms.